The minimum atomic E-state index is -0.343. The van der Waals surface area contributed by atoms with Crippen LogP contribution in [0, 0.1) is 23.2 Å². The molecule has 0 radical (unpaired) electrons. The fraction of sp³-hybridized carbons (Fsp3) is 1.00. The van der Waals surface area contributed by atoms with E-state index in [0.717, 1.165) is 30.0 Å². The van der Waals surface area contributed by atoms with Gasteiger partial charge >= 0.3 is 0 Å². The van der Waals surface area contributed by atoms with Crippen LogP contribution < -0.4 is 0 Å². The van der Waals surface area contributed by atoms with Gasteiger partial charge in [-0.15, -0.1) is 0 Å². The molecule has 21 heavy (non-hydrogen) atoms. The van der Waals surface area contributed by atoms with Gasteiger partial charge in [-0.25, -0.2) is 0 Å². The molecule has 2 aliphatic rings. The SMILES string of the molecule is CC[N+](C)(CC)C[C@H](O)CO[C@H]1[C@H](C)[C@H]2CC[C@H]1C2(C)C. The summed E-state index contributed by atoms with van der Waals surface area (Å²) in [5.74, 6) is 2.13. The van der Waals surface area contributed by atoms with Crippen LogP contribution in [-0.2, 0) is 4.74 Å². The van der Waals surface area contributed by atoms with Crippen molar-refractivity contribution in [1.82, 2.24) is 0 Å². The average molecular weight is 298 g/mol. The van der Waals surface area contributed by atoms with Gasteiger partial charge in [-0.05, 0) is 49.9 Å². The van der Waals surface area contributed by atoms with Crippen molar-refractivity contribution in [3.63, 3.8) is 0 Å². The Bertz CT molecular complexity index is 351. The van der Waals surface area contributed by atoms with Gasteiger partial charge in [0.2, 0.25) is 0 Å². The van der Waals surface area contributed by atoms with Crippen LogP contribution in [0.3, 0.4) is 0 Å². The highest BCUT2D eigenvalue weighted by Gasteiger charge is 2.57. The summed E-state index contributed by atoms with van der Waals surface area (Å²) in [6.07, 6.45) is 2.68. The van der Waals surface area contributed by atoms with E-state index in [9.17, 15) is 5.11 Å². The number of aliphatic hydroxyl groups excluding tert-OH is 1. The molecule has 0 saturated heterocycles. The molecule has 2 aliphatic carbocycles. The molecule has 0 aromatic carbocycles. The Balaban J connectivity index is 1.87. The topological polar surface area (TPSA) is 29.5 Å². The molecule has 3 heteroatoms. The largest absolute Gasteiger partial charge is 0.385 e. The van der Waals surface area contributed by atoms with Gasteiger partial charge in [0.25, 0.3) is 0 Å². The Morgan fingerprint density at radius 3 is 2.24 bits per heavy atom. The fourth-order valence-corrected chi connectivity index (χ4v) is 5.04. The molecule has 0 unspecified atom stereocenters. The summed E-state index contributed by atoms with van der Waals surface area (Å²) in [5, 5.41) is 10.4. The van der Waals surface area contributed by atoms with Gasteiger partial charge in [0.05, 0.1) is 32.8 Å². The van der Waals surface area contributed by atoms with Gasteiger partial charge in [0.1, 0.15) is 12.6 Å². The van der Waals surface area contributed by atoms with E-state index in [-0.39, 0.29) is 6.10 Å². The van der Waals surface area contributed by atoms with Crippen LogP contribution >= 0.6 is 0 Å². The van der Waals surface area contributed by atoms with Crippen LogP contribution in [0.1, 0.15) is 47.5 Å². The third-order valence-electron chi connectivity index (χ3n) is 6.91. The number of rotatable bonds is 7. The molecule has 1 N–H and O–H groups in total. The van der Waals surface area contributed by atoms with Crippen molar-refractivity contribution < 1.29 is 14.3 Å². The maximum absolute atomic E-state index is 10.4. The van der Waals surface area contributed by atoms with E-state index < -0.39 is 0 Å². The predicted molar refractivity (Wildman–Crippen MR) is 87.0 cm³/mol. The molecule has 0 aromatic heterocycles. The molecule has 0 amide bonds. The smallest absolute Gasteiger partial charge is 0.126 e. The van der Waals surface area contributed by atoms with Crippen molar-refractivity contribution in [2.24, 2.45) is 23.2 Å². The van der Waals surface area contributed by atoms with Crippen LogP contribution in [0.2, 0.25) is 0 Å². The Hall–Kier alpha value is -0.120. The number of aliphatic hydroxyl groups is 1. The molecule has 0 aromatic rings. The minimum absolute atomic E-state index is 0.343. The molecule has 0 spiro atoms. The number of hydrogen-bond donors (Lipinski definition) is 1. The molecule has 2 saturated carbocycles. The highest BCUT2D eigenvalue weighted by molar-refractivity contribution is 5.06. The summed E-state index contributed by atoms with van der Waals surface area (Å²) in [4.78, 5) is 0. The third kappa shape index (κ3) is 3.16. The highest BCUT2D eigenvalue weighted by atomic mass is 16.5. The molecule has 2 fully saturated rings. The molecule has 3 nitrogen and oxygen atoms in total. The lowest BCUT2D eigenvalue weighted by Crippen LogP contribution is -2.50. The van der Waals surface area contributed by atoms with E-state index in [4.69, 9.17) is 4.74 Å². The summed E-state index contributed by atoms with van der Waals surface area (Å²) in [7, 11) is 2.21. The minimum Gasteiger partial charge on any atom is -0.385 e. The first kappa shape index (κ1) is 17.2. The predicted octanol–water partition coefficient (Wildman–Crippen LogP) is 2.92. The standard InChI is InChI=1S/C18H36NO2/c1-7-19(6,8-2)11-14(20)12-21-17-13(3)15-9-10-16(17)18(15,4)5/h13-17,20H,7-12H2,1-6H3/q+1/t13-,14+,15-,16-,17+/m1/s1. The van der Waals surface area contributed by atoms with Crippen LogP contribution in [0.25, 0.3) is 0 Å². The molecule has 2 bridgehead atoms. The monoisotopic (exact) mass is 298 g/mol. The van der Waals surface area contributed by atoms with E-state index in [2.05, 4.69) is 41.7 Å². The molecule has 2 rings (SSSR count). The Kier molecular flexibility index (Phi) is 5.07. The molecular formula is C18H36NO2+. The van der Waals surface area contributed by atoms with Crippen molar-refractivity contribution >= 4 is 0 Å². The number of nitrogens with zero attached hydrogens (tertiary/aromatic N) is 1. The van der Waals surface area contributed by atoms with Gasteiger partial charge in [0.15, 0.2) is 0 Å². The van der Waals surface area contributed by atoms with Crippen LogP contribution in [-0.4, -0.2) is 55.1 Å². The molecule has 0 aliphatic heterocycles. The van der Waals surface area contributed by atoms with Gasteiger partial charge in [0, 0.05) is 0 Å². The fourth-order valence-electron chi connectivity index (χ4n) is 5.04. The van der Waals surface area contributed by atoms with Gasteiger partial charge in [-0.3, -0.25) is 0 Å². The lowest BCUT2D eigenvalue weighted by molar-refractivity contribution is -0.909. The Morgan fingerprint density at radius 2 is 1.76 bits per heavy atom. The summed E-state index contributed by atoms with van der Waals surface area (Å²) in [5.41, 5.74) is 0.423. The quantitative estimate of drug-likeness (QED) is 0.732. The number of likely N-dealkylation sites (N-methyl/N-ethyl adjacent to an activating group) is 1. The first-order valence-electron chi connectivity index (χ1n) is 8.88. The summed E-state index contributed by atoms with van der Waals surface area (Å²) >= 11 is 0. The summed E-state index contributed by atoms with van der Waals surface area (Å²) < 4.78 is 7.14. The van der Waals surface area contributed by atoms with Crippen LogP contribution in [0.5, 0.6) is 0 Å². The summed E-state index contributed by atoms with van der Waals surface area (Å²) in [6.45, 7) is 15.0. The molecule has 5 atom stereocenters. The van der Waals surface area contributed by atoms with Gasteiger partial charge in [-0.1, -0.05) is 20.8 Å². The first-order valence-corrected chi connectivity index (χ1v) is 8.88. The maximum Gasteiger partial charge on any atom is 0.126 e. The lowest BCUT2D eigenvalue weighted by atomic mass is 9.80. The van der Waals surface area contributed by atoms with E-state index in [1.807, 2.05) is 0 Å². The van der Waals surface area contributed by atoms with Crippen LogP contribution in [0.15, 0.2) is 0 Å². The number of ether oxygens (including phenoxy) is 1. The zero-order valence-corrected chi connectivity index (χ0v) is 14.9. The third-order valence-corrected chi connectivity index (χ3v) is 6.91. The second-order valence-corrected chi connectivity index (χ2v) is 8.36. The Morgan fingerprint density at radius 1 is 1.19 bits per heavy atom. The van der Waals surface area contributed by atoms with Crippen molar-refractivity contribution in [1.29, 1.82) is 0 Å². The van der Waals surface area contributed by atoms with E-state index in [1.54, 1.807) is 0 Å². The van der Waals surface area contributed by atoms with Crippen molar-refractivity contribution in [2.45, 2.75) is 59.7 Å². The normalized spacial score (nSPS) is 36.1. The van der Waals surface area contributed by atoms with E-state index in [0.29, 0.717) is 30.0 Å². The van der Waals surface area contributed by atoms with E-state index >= 15 is 0 Å². The highest BCUT2D eigenvalue weighted by Crippen LogP contribution is 2.60. The second-order valence-electron chi connectivity index (χ2n) is 8.36. The summed E-state index contributed by atoms with van der Waals surface area (Å²) in [6, 6.07) is 0. The van der Waals surface area contributed by atoms with Crippen molar-refractivity contribution in [3.05, 3.63) is 0 Å². The van der Waals surface area contributed by atoms with Gasteiger partial charge in [-0.2, -0.15) is 0 Å². The molecule has 124 valence electrons. The van der Waals surface area contributed by atoms with Crippen molar-refractivity contribution in [2.75, 3.05) is 33.3 Å². The zero-order valence-electron chi connectivity index (χ0n) is 14.9. The second kappa shape index (κ2) is 6.17. The lowest BCUT2D eigenvalue weighted by Gasteiger charge is -2.35. The van der Waals surface area contributed by atoms with Crippen molar-refractivity contribution in [3.8, 4) is 0 Å². The number of hydrogen-bond acceptors (Lipinski definition) is 2. The molecule has 0 heterocycles. The van der Waals surface area contributed by atoms with Gasteiger partial charge < -0.3 is 14.3 Å². The number of fused-ring (bicyclic) bond motifs is 2. The number of quaternary nitrogens is 1. The zero-order chi connectivity index (χ0) is 15.8. The Labute approximate surface area is 131 Å². The first-order chi connectivity index (χ1) is 9.75. The van der Waals surface area contributed by atoms with E-state index in [1.165, 1.54) is 12.8 Å². The maximum atomic E-state index is 10.4. The molecular weight excluding hydrogens is 262 g/mol. The van der Waals surface area contributed by atoms with Crippen LogP contribution in [0.4, 0.5) is 0 Å². The average Bonchev–Trinajstić information content (AvgIpc) is 2.83.